The molecule has 2 aliphatic rings. The molecular formula is C12H22O2. The molecule has 2 unspecified atom stereocenters. The van der Waals surface area contributed by atoms with Crippen molar-refractivity contribution in [1.29, 1.82) is 0 Å². The van der Waals surface area contributed by atoms with Gasteiger partial charge in [-0.05, 0) is 31.1 Å². The van der Waals surface area contributed by atoms with E-state index in [1.54, 1.807) is 7.11 Å². The molecule has 0 bridgehead atoms. The van der Waals surface area contributed by atoms with Gasteiger partial charge in [-0.25, -0.2) is 0 Å². The van der Waals surface area contributed by atoms with E-state index in [1.165, 1.54) is 38.5 Å². The molecule has 0 aromatic heterocycles. The lowest BCUT2D eigenvalue weighted by Crippen LogP contribution is -2.30. The molecule has 1 saturated carbocycles. The van der Waals surface area contributed by atoms with Crippen LogP contribution in [0.4, 0.5) is 0 Å². The highest BCUT2D eigenvalue weighted by Gasteiger charge is 2.41. The number of hydrogen-bond acceptors (Lipinski definition) is 2. The van der Waals surface area contributed by atoms with E-state index < -0.39 is 0 Å². The van der Waals surface area contributed by atoms with Crippen molar-refractivity contribution in [2.45, 2.75) is 57.7 Å². The minimum absolute atomic E-state index is 0.363. The number of methoxy groups -OCH3 is 1. The highest BCUT2D eigenvalue weighted by atomic mass is 16.5. The summed E-state index contributed by atoms with van der Waals surface area (Å²) in [5, 5.41) is 0. The first-order chi connectivity index (χ1) is 6.74. The van der Waals surface area contributed by atoms with Gasteiger partial charge in [0.15, 0.2) is 0 Å². The van der Waals surface area contributed by atoms with Crippen LogP contribution < -0.4 is 0 Å². The quantitative estimate of drug-likeness (QED) is 0.694. The van der Waals surface area contributed by atoms with Crippen LogP contribution in [0.3, 0.4) is 0 Å². The van der Waals surface area contributed by atoms with Gasteiger partial charge >= 0.3 is 0 Å². The average molecular weight is 198 g/mol. The van der Waals surface area contributed by atoms with Gasteiger partial charge in [0.2, 0.25) is 0 Å². The highest BCUT2D eigenvalue weighted by Crippen LogP contribution is 2.45. The SMILES string of the molecule is COCC1CCC(C2(C)CCCC2)O1. The summed E-state index contributed by atoms with van der Waals surface area (Å²) in [6, 6.07) is 0. The summed E-state index contributed by atoms with van der Waals surface area (Å²) in [5.41, 5.74) is 0.475. The van der Waals surface area contributed by atoms with Gasteiger partial charge in [-0.1, -0.05) is 19.8 Å². The average Bonchev–Trinajstić information content (AvgIpc) is 2.75. The fourth-order valence-corrected chi connectivity index (χ4v) is 3.03. The largest absolute Gasteiger partial charge is 0.382 e. The molecule has 2 nitrogen and oxygen atoms in total. The van der Waals surface area contributed by atoms with Crippen molar-refractivity contribution in [3.05, 3.63) is 0 Å². The van der Waals surface area contributed by atoms with E-state index in [4.69, 9.17) is 9.47 Å². The second kappa shape index (κ2) is 4.19. The van der Waals surface area contributed by atoms with E-state index in [0.29, 0.717) is 17.6 Å². The van der Waals surface area contributed by atoms with Crippen molar-refractivity contribution in [2.75, 3.05) is 13.7 Å². The molecule has 0 aromatic carbocycles. The summed E-state index contributed by atoms with van der Waals surface area (Å²) in [6.07, 6.45) is 8.80. The standard InChI is InChI=1S/C12H22O2/c1-12(7-3-4-8-12)11-6-5-10(14-11)9-13-2/h10-11H,3-9H2,1-2H3. The fraction of sp³-hybridized carbons (Fsp3) is 1.00. The molecule has 2 atom stereocenters. The van der Waals surface area contributed by atoms with Crippen LogP contribution >= 0.6 is 0 Å². The van der Waals surface area contributed by atoms with Crippen LogP contribution in [0.1, 0.15) is 45.4 Å². The van der Waals surface area contributed by atoms with E-state index in [-0.39, 0.29) is 0 Å². The Morgan fingerprint density at radius 2 is 2.00 bits per heavy atom. The Morgan fingerprint density at radius 1 is 1.29 bits per heavy atom. The Hall–Kier alpha value is -0.0800. The molecular weight excluding hydrogens is 176 g/mol. The molecule has 0 amide bonds. The van der Waals surface area contributed by atoms with Crippen LogP contribution in [0.5, 0.6) is 0 Å². The van der Waals surface area contributed by atoms with Gasteiger partial charge in [0, 0.05) is 7.11 Å². The van der Waals surface area contributed by atoms with Crippen LogP contribution in [0.15, 0.2) is 0 Å². The summed E-state index contributed by atoms with van der Waals surface area (Å²) in [7, 11) is 1.76. The normalized spacial score (nSPS) is 36.4. The molecule has 82 valence electrons. The fourth-order valence-electron chi connectivity index (χ4n) is 3.03. The third-order valence-corrected chi connectivity index (χ3v) is 3.98. The first kappa shape index (κ1) is 10.4. The third kappa shape index (κ3) is 1.96. The van der Waals surface area contributed by atoms with Crippen LogP contribution in [0.25, 0.3) is 0 Å². The van der Waals surface area contributed by atoms with Crippen LogP contribution in [0.2, 0.25) is 0 Å². The van der Waals surface area contributed by atoms with Crippen molar-refractivity contribution >= 4 is 0 Å². The maximum atomic E-state index is 6.06. The summed E-state index contributed by atoms with van der Waals surface area (Å²) in [6.45, 7) is 3.17. The molecule has 1 aliphatic heterocycles. The zero-order chi connectivity index (χ0) is 10.0. The molecule has 2 heteroatoms. The van der Waals surface area contributed by atoms with Gasteiger partial charge in [-0.2, -0.15) is 0 Å². The van der Waals surface area contributed by atoms with E-state index >= 15 is 0 Å². The number of hydrogen-bond donors (Lipinski definition) is 0. The van der Waals surface area contributed by atoms with E-state index in [1.807, 2.05) is 0 Å². The first-order valence-corrected chi connectivity index (χ1v) is 5.89. The van der Waals surface area contributed by atoms with Crippen molar-refractivity contribution < 1.29 is 9.47 Å². The molecule has 14 heavy (non-hydrogen) atoms. The molecule has 0 aromatic rings. The summed E-state index contributed by atoms with van der Waals surface area (Å²) < 4.78 is 11.2. The lowest BCUT2D eigenvalue weighted by Gasteiger charge is -2.30. The van der Waals surface area contributed by atoms with E-state index in [9.17, 15) is 0 Å². The lowest BCUT2D eigenvalue weighted by atomic mass is 9.81. The zero-order valence-electron chi connectivity index (χ0n) is 9.42. The van der Waals surface area contributed by atoms with Gasteiger partial charge in [0.25, 0.3) is 0 Å². The summed E-state index contributed by atoms with van der Waals surface area (Å²) in [5.74, 6) is 0. The predicted octanol–water partition coefficient (Wildman–Crippen LogP) is 2.76. The van der Waals surface area contributed by atoms with Crippen molar-refractivity contribution in [3.63, 3.8) is 0 Å². The van der Waals surface area contributed by atoms with Gasteiger partial charge in [-0.15, -0.1) is 0 Å². The maximum absolute atomic E-state index is 6.06. The molecule has 0 spiro atoms. The Morgan fingerprint density at radius 3 is 2.64 bits per heavy atom. The second-order valence-corrected chi connectivity index (χ2v) is 5.14. The van der Waals surface area contributed by atoms with E-state index in [0.717, 1.165) is 6.61 Å². The molecule has 1 saturated heterocycles. The van der Waals surface area contributed by atoms with E-state index in [2.05, 4.69) is 6.92 Å². The molecule has 2 rings (SSSR count). The van der Waals surface area contributed by atoms with Gasteiger partial charge < -0.3 is 9.47 Å². The van der Waals surface area contributed by atoms with Gasteiger partial charge in [0.05, 0.1) is 18.8 Å². The van der Waals surface area contributed by atoms with Gasteiger partial charge in [0.1, 0.15) is 0 Å². The van der Waals surface area contributed by atoms with Crippen LogP contribution in [-0.4, -0.2) is 25.9 Å². The monoisotopic (exact) mass is 198 g/mol. The van der Waals surface area contributed by atoms with Crippen molar-refractivity contribution in [3.8, 4) is 0 Å². The molecule has 0 radical (unpaired) electrons. The second-order valence-electron chi connectivity index (χ2n) is 5.14. The minimum atomic E-state index is 0.363. The lowest BCUT2D eigenvalue weighted by molar-refractivity contribution is -0.0517. The van der Waals surface area contributed by atoms with Gasteiger partial charge in [-0.3, -0.25) is 0 Å². The minimum Gasteiger partial charge on any atom is -0.382 e. The molecule has 2 fully saturated rings. The number of rotatable bonds is 3. The number of ether oxygens (including phenoxy) is 2. The zero-order valence-corrected chi connectivity index (χ0v) is 9.42. The van der Waals surface area contributed by atoms with Crippen LogP contribution in [-0.2, 0) is 9.47 Å². The molecule has 0 N–H and O–H groups in total. The predicted molar refractivity (Wildman–Crippen MR) is 56.3 cm³/mol. The Kier molecular flexibility index (Phi) is 3.13. The van der Waals surface area contributed by atoms with Crippen LogP contribution in [0, 0.1) is 5.41 Å². The smallest absolute Gasteiger partial charge is 0.0813 e. The molecule has 1 heterocycles. The highest BCUT2D eigenvalue weighted by molar-refractivity contribution is 4.91. The Bertz CT molecular complexity index is 185. The Labute approximate surface area is 87.0 Å². The summed E-state index contributed by atoms with van der Waals surface area (Å²) >= 11 is 0. The third-order valence-electron chi connectivity index (χ3n) is 3.98. The Balaban J connectivity index is 1.88. The maximum Gasteiger partial charge on any atom is 0.0813 e. The van der Waals surface area contributed by atoms with Crippen molar-refractivity contribution in [1.82, 2.24) is 0 Å². The first-order valence-electron chi connectivity index (χ1n) is 5.89. The topological polar surface area (TPSA) is 18.5 Å². The van der Waals surface area contributed by atoms with Crippen molar-refractivity contribution in [2.24, 2.45) is 5.41 Å². The molecule has 1 aliphatic carbocycles. The summed E-state index contributed by atoms with van der Waals surface area (Å²) in [4.78, 5) is 0.